The number of aliphatic hydroxyl groups is 1. The summed E-state index contributed by atoms with van der Waals surface area (Å²) in [6, 6.07) is 2.38. The highest BCUT2D eigenvalue weighted by molar-refractivity contribution is 7.89. The van der Waals surface area contributed by atoms with Gasteiger partial charge in [-0.05, 0) is 24.6 Å². The van der Waals surface area contributed by atoms with E-state index in [4.69, 9.17) is 27.9 Å². The van der Waals surface area contributed by atoms with Crippen LogP contribution in [0.15, 0.2) is 23.1 Å². The molecule has 1 aromatic rings. The topological polar surface area (TPSA) is 121 Å². The molecule has 2 saturated heterocycles. The number of carbonyl (C=O) groups is 3. The van der Waals surface area contributed by atoms with Crippen LogP contribution in [0.25, 0.3) is 0 Å². The van der Waals surface area contributed by atoms with E-state index in [1.54, 1.807) is 0 Å². The number of imide groups is 1. The minimum atomic E-state index is -4.19. The number of hydrogen-bond acceptors (Lipinski definition) is 7. The Hall–Kier alpha value is -1.72. The average molecular weight is 465 g/mol. The summed E-state index contributed by atoms with van der Waals surface area (Å²) < 4.78 is 31.6. The second-order valence-electron chi connectivity index (χ2n) is 6.71. The first-order valence-corrected chi connectivity index (χ1v) is 11.0. The van der Waals surface area contributed by atoms with Crippen molar-refractivity contribution >= 4 is 51.0 Å². The Balaban J connectivity index is 1.73. The molecule has 0 bridgehead atoms. The Labute approximate surface area is 177 Å². The van der Waals surface area contributed by atoms with Crippen molar-refractivity contribution in [2.24, 2.45) is 0 Å². The molecule has 0 spiro atoms. The van der Waals surface area contributed by atoms with Gasteiger partial charge in [0, 0.05) is 25.9 Å². The quantitative estimate of drug-likeness (QED) is 0.639. The van der Waals surface area contributed by atoms with Crippen LogP contribution in [0, 0.1) is 0 Å². The van der Waals surface area contributed by atoms with Crippen LogP contribution in [-0.2, 0) is 29.1 Å². The van der Waals surface area contributed by atoms with Gasteiger partial charge in [-0.15, -0.1) is 0 Å². The van der Waals surface area contributed by atoms with E-state index in [1.807, 2.05) is 0 Å². The Morgan fingerprint density at radius 2 is 1.97 bits per heavy atom. The van der Waals surface area contributed by atoms with Crippen LogP contribution in [0.2, 0.25) is 10.0 Å². The smallest absolute Gasteiger partial charge is 0.325 e. The van der Waals surface area contributed by atoms with Gasteiger partial charge in [-0.3, -0.25) is 19.3 Å². The van der Waals surface area contributed by atoms with E-state index in [9.17, 15) is 27.9 Å². The molecule has 12 heteroatoms. The van der Waals surface area contributed by atoms with Crippen LogP contribution in [0.4, 0.5) is 0 Å². The SMILES string of the molecule is O=C(OCC(=O)N1CCCC1=O)C1CC(O)CN1S(=O)(=O)c1ccc(Cl)c(Cl)c1. The van der Waals surface area contributed by atoms with Gasteiger partial charge in [0.25, 0.3) is 5.91 Å². The third-order valence-corrected chi connectivity index (χ3v) is 7.33. The summed E-state index contributed by atoms with van der Waals surface area (Å²) in [7, 11) is -4.19. The van der Waals surface area contributed by atoms with Gasteiger partial charge in [0.2, 0.25) is 15.9 Å². The number of halogens is 2. The molecule has 3 rings (SSSR count). The van der Waals surface area contributed by atoms with Crippen molar-refractivity contribution in [1.29, 1.82) is 0 Å². The van der Waals surface area contributed by atoms with Crippen molar-refractivity contribution in [3.8, 4) is 0 Å². The van der Waals surface area contributed by atoms with Gasteiger partial charge in [0.05, 0.1) is 21.0 Å². The number of benzene rings is 1. The molecule has 1 N–H and O–H groups in total. The lowest BCUT2D eigenvalue weighted by Gasteiger charge is -2.23. The normalized spacial score (nSPS) is 22.9. The Kier molecular flexibility index (Phi) is 6.49. The minimum Gasteiger partial charge on any atom is -0.454 e. The van der Waals surface area contributed by atoms with E-state index in [0.717, 1.165) is 15.3 Å². The van der Waals surface area contributed by atoms with E-state index in [0.29, 0.717) is 6.42 Å². The number of sulfonamides is 1. The van der Waals surface area contributed by atoms with E-state index in [1.165, 1.54) is 12.1 Å². The molecular weight excluding hydrogens is 447 g/mol. The zero-order valence-electron chi connectivity index (χ0n) is 15.1. The van der Waals surface area contributed by atoms with Crippen molar-refractivity contribution < 1.29 is 32.6 Å². The highest BCUT2D eigenvalue weighted by atomic mass is 35.5. The van der Waals surface area contributed by atoms with Crippen molar-refractivity contribution in [2.75, 3.05) is 19.7 Å². The molecule has 2 fully saturated rings. The van der Waals surface area contributed by atoms with Crippen molar-refractivity contribution in [2.45, 2.75) is 36.3 Å². The predicted octanol–water partition coefficient (Wildman–Crippen LogP) is 0.810. The monoisotopic (exact) mass is 464 g/mol. The first-order chi connectivity index (χ1) is 13.6. The molecule has 0 saturated carbocycles. The number of likely N-dealkylation sites (tertiary alicyclic amines) is 1. The molecule has 158 valence electrons. The maximum atomic E-state index is 12.9. The molecule has 0 radical (unpaired) electrons. The first kappa shape index (κ1) is 22.0. The van der Waals surface area contributed by atoms with E-state index < -0.39 is 40.7 Å². The average Bonchev–Trinajstić information content (AvgIpc) is 3.27. The number of β-amino-alcohol motifs (C(OH)–C–C–N with tert-alkyl or cyclic N) is 1. The largest absolute Gasteiger partial charge is 0.454 e. The number of amides is 2. The second kappa shape index (κ2) is 8.57. The van der Waals surface area contributed by atoms with Gasteiger partial charge in [0.1, 0.15) is 6.04 Å². The lowest BCUT2D eigenvalue weighted by atomic mass is 10.2. The second-order valence-corrected chi connectivity index (χ2v) is 9.41. The molecule has 0 aliphatic carbocycles. The molecular formula is C17H18Cl2N2O7S. The summed E-state index contributed by atoms with van der Waals surface area (Å²) in [5.74, 6) is -1.99. The lowest BCUT2D eigenvalue weighted by Crippen LogP contribution is -2.43. The molecule has 0 aromatic heterocycles. The highest BCUT2D eigenvalue weighted by Crippen LogP contribution is 2.31. The molecule has 2 atom stereocenters. The summed E-state index contributed by atoms with van der Waals surface area (Å²) in [5, 5.41) is 10.1. The molecule has 9 nitrogen and oxygen atoms in total. The maximum Gasteiger partial charge on any atom is 0.325 e. The Morgan fingerprint density at radius 1 is 1.24 bits per heavy atom. The predicted molar refractivity (Wildman–Crippen MR) is 102 cm³/mol. The maximum absolute atomic E-state index is 12.9. The fourth-order valence-electron chi connectivity index (χ4n) is 3.26. The van der Waals surface area contributed by atoms with E-state index >= 15 is 0 Å². The molecule has 1 aromatic carbocycles. The highest BCUT2D eigenvalue weighted by Gasteiger charge is 2.44. The van der Waals surface area contributed by atoms with Gasteiger partial charge in [0.15, 0.2) is 6.61 Å². The van der Waals surface area contributed by atoms with Gasteiger partial charge in [-0.25, -0.2) is 8.42 Å². The number of ether oxygens (including phenoxy) is 1. The van der Waals surface area contributed by atoms with Crippen LogP contribution in [-0.4, -0.2) is 72.4 Å². The molecule has 29 heavy (non-hydrogen) atoms. The first-order valence-electron chi connectivity index (χ1n) is 8.76. The van der Waals surface area contributed by atoms with Crippen LogP contribution in [0.1, 0.15) is 19.3 Å². The molecule has 2 aliphatic rings. The number of carbonyl (C=O) groups excluding carboxylic acids is 3. The van der Waals surface area contributed by atoms with Crippen molar-refractivity contribution in [3.05, 3.63) is 28.2 Å². The van der Waals surface area contributed by atoms with Crippen LogP contribution in [0.5, 0.6) is 0 Å². The van der Waals surface area contributed by atoms with E-state index in [-0.39, 0.29) is 46.8 Å². The number of hydrogen-bond donors (Lipinski definition) is 1. The molecule has 2 amide bonds. The van der Waals surface area contributed by atoms with Crippen LogP contribution < -0.4 is 0 Å². The third-order valence-electron chi connectivity index (χ3n) is 4.72. The molecule has 2 heterocycles. The van der Waals surface area contributed by atoms with Gasteiger partial charge < -0.3 is 9.84 Å². The third kappa shape index (κ3) is 4.56. The van der Waals surface area contributed by atoms with Crippen LogP contribution in [0.3, 0.4) is 0 Å². The standard InChI is InChI=1S/C17H18Cl2N2O7S/c18-12-4-3-11(7-13(12)19)29(26,27)21-8-10(22)6-14(21)17(25)28-9-16(24)20-5-1-2-15(20)23/h3-4,7,10,14,22H,1-2,5-6,8-9H2. The van der Waals surface area contributed by atoms with Gasteiger partial charge >= 0.3 is 5.97 Å². The zero-order chi connectivity index (χ0) is 21.3. The fraction of sp³-hybridized carbons (Fsp3) is 0.471. The summed E-state index contributed by atoms with van der Waals surface area (Å²) in [6.07, 6.45) is -0.468. The Morgan fingerprint density at radius 3 is 2.59 bits per heavy atom. The van der Waals surface area contributed by atoms with Crippen molar-refractivity contribution in [1.82, 2.24) is 9.21 Å². The van der Waals surface area contributed by atoms with Crippen LogP contribution >= 0.6 is 23.2 Å². The fourth-order valence-corrected chi connectivity index (χ4v) is 5.27. The summed E-state index contributed by atoms with van der Waals surface area (Å²) in [4.78, 5) is 36.9. The summed E-state index contributed by atoms with van der Waals surface area (Å²) >= 11 is 11.7. The van der Waals surface area contributed by atoms with Gasteiger partial charge in [-0.2, -0.15) is 4.31 Å². The Bertz CT molecular complexity index is 953. The summed E-state index contributed by atoms with van der Waals surface area (Å²) in [5.41, 5.74) is 0. The summed E-state index contributed by atoms with van der Waals surface area (Å²) in [6.45, 7) is -0.742. The zero-order valence-corrected chi connectivity index (χ0v) is 17.4. The number of esters is 1. The van der Waals surface area contributed by atoms with Gasteiger partial charge in [-0.1, -0.05) is 23.2 Å². The van der Waals surface area contributed by atoms with Crippen molar-refractivity contribution in [3.63, 3.8) is 0 Å². The molecule has 2 unspecified atom stereocenters. The number of nitrogens with zero attached hydrogens (tertiary/aromatic N) is 2. The number of aliphatic hydroxyl groups excluding tert-OH is 1. The molecule has 2 aliphatic heterocycles. The number of rotatable bonds is 5. The lowest BCUT2D eigenvalue weighted by molar-refractivity contribution is -0.156. The van der Waals surface area contributed by atoms with E-state index in [2.05, 4.69) is 0 Å². The minimum absolute atomic E-state index is 0.0208.